The van der Waals surface area contributed by atoms with Gasteiger partial charge in [-0.05, 0) is 30.4 Å². The van der Waals surface area contributed by atoms with Gasteiger partial charge >= 0.3 is 0 Å². The summed E-state index contributed by atoms with van der Waals surface area (Å²) < 4.78 is 5.55. The molecule has 2 nitrogen and oxygen atoms in total. The van der Waals surface area contributed by atoms with Crippen molar-refractivity contribution in [2.75, 3.05) is 19.8 Å². The lowest BCUT2D eigenvalue weighted by molar-refractivity contribution is 0.122. The first kappa shape index (κ1) is 10.7. The van der Waals surface area contributed by atoms with Gasteiger partial charge < -0.3 is 10.5 Å². The lowest BCUT2D eigenvalue weighted by Gasteiger charge is -2.25. The fourth-order valence-corrected chi connectivity index (χ4v) is 2.34. The SMILES string of the molecule is NCCOCC1CCCc2ccccc21. The zero-order valence-corrected chi connectivity index (χ0v) is 9.11. The van der Waals surface area contributed by atoms with Gasteiger partial charge in [-0.15, -0.1) is 0 Å². The number of hydrogen-bond donors (Lipinski definition) is 1. The zero-order chi connectivity index (χ0) is 10.5. The molecule has 15 heavy (non-hydrogen) atoms. The lowest BCUT2D eigenvalue weighted by atomic mass is 9.83. The average Bonchev–Trinajstić information content (AvgIpc) is 2.30. The number of rotatable bonds is 4. The Labute approximate surface area is 91.4 Å². The molecular weight excluding hydrogens is 186 g/mol. The van der Waals surface area contributed by atoms with Gasteiger partial charge in [0.1, 0.15) is 0 Å². The van der Waals surface area contributed by atoms with Crippen LogP contribution in [0.25, 0.3) is 0 Å². The smallest absolute Gasteiger partial charge is 0.0589 e. The summed E-state index contributed by atoms with van der Waals surface area (Å²) >= 11 is 0. The van der Waals surface area contributed by atoms with Crippen LogP contribution < -0.4 is 5.73 Å². The Balaban J connectivity index is 2.02. The van der Waals surface area contributed by atoms with Crippen molar-refractivity contribution in [1.82, 2.24) is 0 Å². The average molecular weight is 205 g/mol. The Kier molecular flexibility index (Phi) is 3.75. The van der Waals surface area contributed by atoms with Crippen LogP contribution in [-0.2, 0) is 11.2 Å². The molecule has 1 aliphatic rings. The second-order valence-electron chi connectivity index (χ2n) is 4.15. The molecule has 2 N–H and O–H groups in total. The summed E-state index contributed by atoms with van der Waals surface area (Å²) in [6, 6.07) is 8.73. The van der Waals surface area contributed by atoms with Crippen molar-refractivity contribution in [3.05, 3.63) is 35.4 Å². The molecule has 1 aromatic rings. The summed E-state index contributed by atoms with van der Waals surface area (Å²) in [6.45, 7) is 2.13. The molecule has 0 bridgehead atoms. The summed E-state index contributed by atoms with van der Waals surface area (Å²) in [5, 5.41) is 0. The first-order valence-corrected chi connectivity index (χ1v) is 5.77. The molecule has 0 amide bonds. The minimum Gasteiger partial charge on any atom is -0.380 e. The molecule has 1 aromatic carbocycles. The van der Waals surface area contributed by atoms with Gasteiger partial charge in [-0.2, -0.15) is 0 Å². The quantitative estimate of drug-likeness (QED) is 0.764. The number of fused-ring (bicyclic) bond motifs is 1. The molecule has 0 saturated carbocycles. The van der Waals surface area contributed by atoms with Crippen LogP contribution in [0.1, 0.15) is 29.9 Å². The molecule has 1 unspecified atom stereocenters. The molecule has 2 heteroatoms. The largest absolute Gasteiger partial charge is 0.380 e. The molecular formula is C13H19NO. The van der Waals surface area contributed by atoms with Gasteiger partial charge in [0.15, 0.2) is 0 Å². The summed E-state index contributed by atoms with van der Waals surface area (Å²) in [4.78, 5) is 0. The van der Waals surface area contributed by atoms with Crippen LogP contribution in [-0.4, -0.2) is 19.8 Å². The molecule has 0 fully saturated rings. The van der Waals surface area contributed by atoms with Crippen LogP contribution >= 0.6 is 0 Å². The highest BCUT2D eigenvalue weighted by atomic mass is 16.5. The zero-order valence-electron chi connectivity index (χ0n) is 9.11. The van der Waals surface area contributed by atoms with E-state index in [0.717, 1.165) is 6.61 Å². The van der Waals surface area contributed by atoms with Gasteiger partial charge in [-0.1, -0.05) is 24.3 Å². The molecule has 1 atom stereocenters. The third-order valence-electron chi connectivity index (χ3n) is 3.07. The fourth-order valence-electron chi connectivity index (χ4n) is 2.34. The van der Waals surface area contributed by atoms with E-state index in [9.17, 15) is 0 Å². The minimum absolute atomic E-state index is 0.585. The van der Waals surface area contributed by atoms with Gasteiger partial charge in [-0.3, -0.25) is 0 Å². The van der Waals surface area contributed by atoms with Crippen molar-refractivity contribution < 1.29 is 4.74 Å². The lowest BCUT2D eigenvalue weighted by Crippen LogP contribution is -2.17. The Bertz CT molecular complexity index is 311. The highest BCUT2D eigenvalue weighted by Crippen LogP contribution is 2.31. The van der Waals surface area contributed by atoms with E-state index in [1.165, 1.54) is 30.4 Å². The van der Waals surface area contributed by atoms with Crippen molar-refractivity contribution >= 4 is 0 Å². The van der Waals surface area contributed by atoms with Crippen LogP contribution in [0.5, 0.6) is 0 Å². The summed E-state index contributed by atoms with van der Waals surface area (Å²) in [5.41, 5.74) is 8.41. The maximum absolute atomic E-state index is 5.55. The Morgan fingerprint density at radius 2 is 2.20 bits per heavy atom. The number of ether oxygens (including phenoxy) is 1. The van der Waals surface area contributed by atoms with Crippen molar-refractivity contribution in [1.29, 1.82) is 0 Å². The van der Waals surface area contributed by atoms with Crippen molar-refractivity contribution in [2.45, 2.75) is 25.2 Å². The van der Waals surface area contributed by atoms with E-state index in [0.29, 0.717) is 19.1 Å². The highest BCUT2D eigenvalue weighted by Gasteiger charge is 2.19. The van der Waals surface area contributed by atoms with Gasteiger partial charge in [0.05, 0.1) is 13.2 Å². The van der Waals surface area contributed by atoms with Crippen molar-refractivity contribution in [3.63, 3.8) is 0 Å². The molecule has 2 rings (SSSR count). The third-order valence-corrected chi connectivity index (χ3v) is 3.07. The minimum atomic E-state index is 0.585. The molecule has 0 heterocycles. The summed E-state index contributed by atoms with van der Waals surface area (Å²) in [6.07, 6.45) is 3.76. The van der Waals surface area contributed by atoms with Gasteiger partial charge in [-0.25, -0.2) is 0 Å². The summed E-state index contributed by atoms with van der Waals surface area (Å²) in [7, 11) is 0. The Morgan fingerprint density at radius 3 is 3.07 bits per heavy atom. The standard InChI is InChI=1S/C13H19NO/c14-8-9-15-10-12-6-3-5-11-4-1-2-7-13(11)12/h1-2,4,7,12H,3,5-6,8-10,14H2. The highest BCUT2D eigenvalue weighted by molar-refractivity contribution is 5.32. The normalized spacial score (nSPS) is 19.9. The molecule has 0 radical (unpaired) electrons. The number of nitrogens with two attached hydrogens (primary N) is 1. The molecule has 0 aromatic heterocycles. The van der Waals surface area contributed by atoms with Crippen molar-refractivity contribution in [2.24, 2.45) is 5.73 Å². The van der Waals surface area contributed by atoms with Crippen LogP contribution in [0.15, 0.2) is 24.3 Å². The summed E-state index contributed by atoms with van der Waals surface area (Å²) in [5.74, 6) is 0.585. The van der Waals surface area contributed by atoms with E-state index in [4.69, 9.17) is 10.5 Å². The van der Waals surface area contributed by atoms with E-state index < -0.39 is 0 Å². The maximum atomic E-state index is 5.55. The van der Waals surface area contributed by atoms with E-state index in [1.54, 1.807) is 0 Å². The van der Waals surface area contributed by atoms with E-state index in [-0.39, 0.29) is 0 Å². The topological polar surface area (TPSA) is 35.2 Å². The number of aryl methyl sites for hydroxylation is 1. The number of hydrogen-bond acceptors (Lipinski definition) is 2. The molecule has 1 aliphatic carbocycles. The monoisotopic (exact) mass is 205 g/mol. The third kappa shape index (κ3) is 2.58. The van der Waals surface area contributed by atoms with Crippen LogP contribution in [0, 0.1) is 0 Å². The Hall–Kier alpha value is -0.860. The van der Waals surface area contributed by atoms with E-state index in [2.05, 4.69) is 24.3 Å². The second-order valence-corrected chi connectivity index (χ2v) is 4.15. The van der Waals surface area contributed by atoms with Crippen molar-refractivity contribution in [3.8, 4) is 0 Å². The molecule has 0 aliphatic heterocycles. The Morgan fingerprint density at radius 1 is 1.33 bits per heavy atom. The van der Waals surface area contributed by atoms with Crippen LogP contribution in [0.3, 0.4) is 0 Å². The first-order valence-electron chi connectivity index (χ1n) is 5.77. The van der Waals surface area contributed by atoms with E-state index in [1.807, 2.05) is 0 Å². The van der Waals surface area contributed by atoms with Crippen LogP contribution in [0.4, 0.5) is 0 Å². The van der Waals surface area contributed by atoms with E-state index >= 15 is 0 Å². The first-order chi connectivity index (χ1) is 7.42. The fraction of sp³-hybridized carbons (Fsp3) is 0.538. The predicted octanol–water partition coefficient (Wildman–Crippen LogP) is 2.08. The van der Waals surface area contributed by atoms with Gasteiger partial charge in [0, 0.05) is 12.5 Å². The maximum Gasteiger partial charge on any atom is 0.0589 e. The molecule has 0 spiro atoms. The van der Waals surface area contributed by atoms with Gasteiger partial charge in [0.2, 0.25) is 0 Å². The predicted molar refractivity (Wildman–Crippen MR) is 62.0 cm³/mol. The van der Waals surface area contributed by atoms with Gasteiger partial charge in [0.25, 0.3) is 0 Å². The molecule has 0 saturated heterocycles. The van der Waals surface area contributed by atoms with Crippen LogP contribution in [0.2, 0.25) is 0 Å². The number of benzene rings is 1. The molecule has 82 valence electrons. The second kappa shape index (κ2) is 5.29.